The van der Waals surface area contributed by atoms with E-state index >= 15 is 0 Å². The Kier molecular flexibility index (Phi) is 4.25. The highest BCUT2D eigenvalue weighted by atomic mass is 16.6. The fraction of sp³-hybridized carbons (Fsp3) is 0.800. The molecule has 1 amide bonds. The molecule has 0 aromatic rings. The van der Waals surface area contributed by atoms with Crippen LogP contribution in [0.4, 0.5) is 4.79 Å². The summed E-state index contributed by atoms with van der Waals surface area (Å²) in [7, 11) is 1.36. The number of rotatable bonds is 1. The van der Waals surface area contributed by atoms with Gasteiger partial charge in [0.15, 0.2) is 0 Å². The fourth-order valence-corrected chi connectivity index (χ4v) is 3.22. The summed E-state index contributed by atoms with van der Waals surface area (Å²) in [4.78, 5) is 37.5. The number of Topliss-reactive ketones (excluding diaryl/α,β-unsaturated/α-hetero) is 1. The van der Waals surface area contributed by atoms with Gasteiger partial charge in [0.25, 0.3) is 0 Å². The highest BCUT2D eigenvalue weighted by molar-refractivity contribution is 5.84. The average molecular weight is 297 g/mol. The number of amides is 1. The smallest absolute Gasteiger partial charge is 0.410 e. The molecule has 2 aliphatic rings. The Hall–Kier alpha value is -1.59. The van der Waals surface area contributed by atoms with Gasteiger partial charge in [0.05, 0.1) is 13.0 Å². The third-order valence-corrected chi connectivity index (χ3v) is 3.97. The summed E-state index contributed by atoms with van der Waals surface area (Å²) in [5.74, 6) is -0.354. The number of nitrogens with zero attached hydrogens (tertiary/aromatic N) is 1. The van der Waals surface area contributed by atoms with Gasteiger partial charge in [-0.25, -0.2) is 4.79 Å². The van der Waals surface area contributed by atoms with E-state index in [0.717, 1.165) is 0 Å². The number of methoxy groups -OCH3 is 1. The van der Waals surface area contributed by atoms with E-state index in [1.807, 2.05) is 20.8 Å². The molecule has 0 N–H and O–H groups in total. The van der Waals surface area contributed by atoms with Crippen LogP contribution in [0.5, 0.6) is 0 Å². The third-order valence-electron chi connectivity index (χ3n) is 3.97. The van der Waals surface area contributed by atoms with Crippen molar-refractivity contribution in [3.05, 3.63) is 0 Å². The van der Waals surface area contributed by atoms with Crippen LogP contribution in [0.25, 0.3) is 0 Å². The van der Waals surface area contributed by atoms with E-state index in [2.05, 4.69) is 0 Å². The summed E-state index contributed by atoms with van der Waals surface area (Å²) < 4.78 is 10.2. The second-order valence-electron chi connectivity index (χ2n) is 6.83. The first-order valence-electron chi connectivity index (χ1n) is 7.32. The topological polar surface area (TPSA) is 72.9 Å². The maximum atomic E-state index is 12.4. The lowest BCUT2D eigenvalue weighted by molar-refractivity contribution is -0.151. The summed E-state index contributed by atoms with van der Waals surface area (Å²) in [6.07, 6.45) is 1.13. The van der Waals surface area contributed by atoms with Gasteiger partial charge in [0, 0.05) is 24.9 Å². The third kappa shape index (κ3) is 3.54. The quantitative estimate of drug-likeness (QED) is 0.691. The minimum atomic E-state index is -0.575. The van der Waals surface area contributed by atoms with Gasteiger partial charge in [0.1, 0.15) is 11.4 Å². The molecule has 0 unspecified atom stereocenters. The first-order chi connectivity index (χ1) is 9.71. The second kappa shape index (κ2) is 5.66. The van der Waals surface area contributed by atoms with E-state index in [4.69, 9.17) is 9.47 Å². The van der Waals surface area contributed by atoms with Crippen LogP contribution in [0.15, 0.2) is 0 Å². The van der Waals surface area contributed by atoms with Gasteiger partial charge in [-0.2, -0.15) is 0 Å². The summed E-state index contributed by atoms with van der Waals surface area (Å²) in [5.41, 5.74) is -0.575. The summed E-state index contributed by atoms with van der Waals surface area (Å²) in [6, 6.07) is -0.520. The number of hydrogen-bond donors (Lipinski definition) is 0. The van der Waals surface area contributed by atoms with E-state index < -0.39 is 11.7 Å². The van der Waals surface area contributed by atoms with Crippen LogP contribution in [-0.2, 0) is 19.1 Å². The lowest BCUT2D eigenvalue weighted by Crippen LogP contribution is -2.58. The van der Waals surface area contributed by atoms with Crippen LogP contribution in [0.1, 0.15) is 46.5 Å². The van der Waals surface area contributed by atoms with Gasteiger partial charge in [-0.15, -0.1) is 0 Å². The minimum Gasteiger partial charge on any atom is -0.469 e. The normalized spacial score (nSPS) is 29.0. The van der Waals surface area contributed by atoms with Crippen LogP contribution in [0.2, 0.25) is 0 Å². The minimum absolute atomic E-state index is 0.146. The number of carbonyl (C=O) groups is 3. The molecule has 0 aliphatic carbocycles. The van der Waals surface area contributed by atoms with E-state index in [1.54, 1.807) is 4.90 Å². The van der Waals surface area contributed by atoms with Gasteiger partial charge < -0.3 is 14.4 Å². The van der Waals surface area contributed by atoms with E-state index in [9.17, 15) is 14.4 Å². The van der Waals surface area contributed by atoms with Gasteiger partial charge in [-0.1, -0.05) is 0 Å². The number of hydrogen-bond acceptors (Lipinski definition) is 5. The highest BCUT2D eigenvalue weighted by Crippen LogP contribution is 2.37. The molecule has 21 heavy (non-hydrogen) atoms. The summed E-state index contributed by atoms with van der Waals surface area (Å²) in [6.45, 7) is 5.44. The number of esters is 1. The molecule has 0 aromatic heterocycles. The van der Waals surface area contributed by atoms with Crippen molar-refractivity contribution >= 4 is 17.8 Å². The Morgan fingerprint density at radius 1 is 1.14 bits per heavy atom. The Morgan fingerprint density at radius 3 is 2.10 bits per heavy atom. The zero-order chi connectivity index (χ0) is 15.8. The van der Waals surface area contributed by atoms with Crippen LogP contribution in [-0.4, -0.2) is 47.5 Å². The molecular weight excluding hydrogens is 274 g/mol. The Bertz CT molecular complexity index is 435. The lowest BCUT2D eigenvalue weighted by atomic mass is 9.78. The zero-order valence-corrected chi connectivity index (χ0v) is 13.0. The number of ketones is 1. The Morgan fingerprint density at radius 2 is 1.67 bits per heavy atom. The molecule has 2 rings (SSSR count). The van der Waals surface area contributed by atoms with Crippen molar-refractivity contribution in [2.24, 2.45) is 5.92 Å². The lowest BCUT2D eigenvalue weighted by Gasteiger charge is -2.47. The largest absolute Gasteiger partial charge is 0.469 e. The molecule has 0 spiro atoms. The predicted molar refractivity (Wildman–Crippen MR) is 74.6 cm³/mol. The van der Waals surface area contributed by atoms with Crippen molar-refractivity contribution in [3.8, 4) is 0 Å². The molecule has 2 bridgehead atoms. The molecule has 2 saturated heterocycles. The monoisotopic (exact) mass is 297 g/mol. The molecule has 0 aromatic carbocycles. The molecule has 0 saturated carbocycles. The first-order valence-corrected chi connectivity index (χ1v) is 7.32. The molecule has 2 heterocycles. The van der Waals surface area contributed by atoms with Gasteiger partial charge in [-0.3, -0.25) is 9.59 Å². The molecular formula is C15H23NO5. The molecule has 2 atom stereocenters. The fourth-order valence-electron chi connectivity index (χ4n) is 3.22. The van der Waals surface area contributed by atoms with Gasteiger partial charge >= 0.3 is 12.1 Å². The van der Waals surface area contributed by atoms with Crippen LogP contribution >= 0.6 is 0 Å². The number of fused-ring (bicyclic) bond motifs is 2. The SMILES string of the molecule is COC(=O)C1C[C@@H]2CC(=O)C[C@@H](C1)N2C(=O)OC(C)(C)C. The van der Waals surface area contributed by atoms with Crippen LogP contribution in [0, 0.1) is 5.92 Å². The number of ether oxygens (including phenoxy) is 2. The maximum absolute atomic E-state index is 12.4. The van der Waals surface area contributed by atoms with Gasteiger partial charge in [-0.05, 0) is 33.6 Å². The maximum Gasteiger partial charge on any atom is 0.410 e. The molecule has 2 fully saturated rings. The number of carbonyl (C=O) groups excluding carboxylic acids is 3. The first kappa shape index (κ1) is 15.8. The molecule has 118 valence electrons. The molecule has 6 heteroatoms. The van der Waals surface area contributed by atoms with Crippen LogP contribution < -0.4 is 0 Å². The highest BCUT2D eigenvalue weighted by Gasteiger charge is 2.47. The Balaban J connectivity index is 2.15. The van der Waals surface area contributed by atoms with Crippen molar-refractivity contribution in [2.75, 3.05) is 7.11 Å². The zero-order valence-electron chi connectivity index (χ0n) is 13.0. The van der Waals surface area contributed by atoms with E-state index in [1.165, 1.54) is 7.11 Å². The van der Waals surface area contributed by atoms with E-state index in [-0.39, 0.29) is 29.8 Å². The summed E-state index contributed by atoms with van der Waals surface area (Å²) in [5, 5.41) is 0. The van der Waals surface area contributed by atoms with Crippen molar-refractivity contribution < 1.29 is 23.9 Å². The van der Waals surface area contributed by atoms with E-state index in [0.29, 0.717) is 25.7 Å². The van der Waals surface area contributed by atoms with Crippen molar-refractivity contribution in [3.63, 3.8) is 0 Å². The van der Waals surface area contributed by atoms with Gasteiger partial charge in [0.2, 0.25) is 0 Å². The summed E-state index contributed by atoms with van der Waals surface area (Å²) >= 11 is 0. The second-order valence-corrected chi connectivity index (χ2v) is 6.83. The standard InChI is InChI=1S/C15H23NO5/c1-15(2,3)21-14(19)16-10-5-9(13(18)20-4)6-11(16)8-12(17)7-10/h9-11H,5-8H2,1-4H3/t10-,11-/m1/s1. The average Bonchev–Trinajstić information content (AvgIpc) is 2.33. The van der Waals surface area contributed by atoms with Crippen LogP contribution in [0.3, 0.4) is 0 Å². The van der Waals surface area contributed by atoms with Crippen molar-refractivity contribution in [1.82, 2.24) is 4.90 Å². The van der Waals surface area contributed by atoms with Crippen molar-refractivity contribution in [2.45, 2.75) is 64.1 Å². The molecule has 6 nitrogen and oxygen atoms in total. The molecule has 0 radical (unpaired) electrons. The number of piperidine rings is 2. The Labute approximate surface area is 124 Å². The molecule has 2 aliphatic heterocycles. The predicted octanol–water partition coefficient (Wildman–Crippen LogP) is 1.91. The van der Waals surface area contributed by atoms with Crippen molar-refractivity contribution in [1.29, 1.82) is 0 Å².